The van der Waals surface area contributed by atoms with Gasteiger partial charge >= 0.3 is 0 Å². The average Bonchev–Trinajstić information content (AvgIpc) is 2.89. The number of hydrogen-bond acceptors (Lipinski definition) is 3. The highest BCUT2D eigenvalue weighted by Crippen LogP contribution is 2.30. The second-order valence-electron chi connectivity index (χ2n) is 5.86. The van der Waals surface area contributed by atoms with Crippen molar-refractivity contribution < 1.29 is 0 Å². The summed E-state index contributed by atoms with van der Waals surface area (Å²) < 4.78 is 2.02. The Labute approximate surface area is 157 Å². The summed E-state index contributed by atoms with van der Waals surface area (Å²) in [4.78, 5) is 1.25. The van der Waals surface area contributed by atoms with Crippen molar-refractivity contribution in [3.05, 3.63) is 70.0 Å². The molecular formula is C20H18ClN3S. The van der Waals surface area contributed by atoms with Gasteiger partial charge in [-0.1, -0.05) is 29.8 Å². The van der Waals surface area contributed by atoms with Crippen molar-refractivity contribution in [2.75, 3.05) is 6.26 Å². The zero-order chi connectivity index (χ0) is 18.0. The van der Waals surface area contributed by atoms with Crippen molar-refractivity contribution in [2.24, 2.45) is 0 Å². The van der Waals surface area contributed by atoms with Gasteiger partial charge in [-0.2, -0.15) is 10.4 Å². The summed E-state index contributed by atoms with van der Waals surface area (Å²) in [7, 11) is 0. The lowest BCUT2D eigenvalue weighted by atomic mass is 10.0. The summed E-state index contributed by atoms with van der Waals surface area (Å²) in [5.74, 6) is 0. The van der Waals surface area contributed by atoms with Crippen molar-refractivity contribution in [2.45, 2.75) is 25.3 Å². The van der Waals surface area contributed by atoms with Gasteiger partial charge in [0.1, 0.15) is 6.07 Å². The number of benzene rings is 2. The third kappa shape index (κ3) is 3.58. The monoisotopic (exact) mass is 367 g/mol. The summed E-state index contributed by atoms with van der Waals surface area (Å²) in [5, 5.41) is 14.2. The predicted octanol–water partition coefficient (Wildman–Crippen LogP) is 5.46. The Morgan fingerprint density at radius 3 is 2.48 bits per heavy atom. The Balaban J connectivity index is 1.95. The van der Waals surface area contributed by atoms with Crippen LogP contribution in [0.5, 0.6) is 0 Å². The molecule has 126 valence electrons. The number of nitrogens with zero attached hydrogens (tertiary/aromatic N) is 3. The van der Waals surface area contributed by atoms with Gasteiger partial charge in [-0.15, -0.1) is 11.8 Å². The summed E-state index contributed by atoms with van der Waals surface area (Å²) in [5.41, 5.74) is 5.82. The van der Waals surface area contributed by atoms with Crippen LogP contribution in [0.1, 0.15) is 22.5 Å². The molecule has 0 unspecified atom stereocenters. The van der Waals surface area contributed by atoms with E-state index < -0.39 is 0 Å². The molecule has 0 aliphatic carbocycles. The molecule has 25 heavy (non-hydrogen) atoms. The van der Waals surface area contributed by atoms with Gasteiger partial charge in [-0.3, -0.25) is 4.68 Å². The van der Waals surface area contributed by atoms with E-state index >= 15 is 0 Å². The molecule has 0 saturated carbocycles. The summed E-state index contributed by atoms with van der Waals surface area (Å²) >= 11 is 7.93. The number of hydrogen-bond donors (Lipinski definition) is 0. The third-order valence-corrected chi connectivity index (χ3v) is 5.31. The van der Waals surface area contributed by atoms with E-state index in [4.69, 9.17) is 22.0 Å². The van der Waals surface area contributed by atoms with E-state index in [1.54, 1.807) is 17.8 Å². The molecule has 1 heterocycles. The second kappa shape index (κ2) is 7.35. The molecule has 0 radical (unpaired) electrons. The van der Waals surface area contributed by atoms with Gasteiger partial charge in [0.2, 0.25) is 0 Å². The Morgan fingerprint density at radius 2 is 1.88 bits per heavy atom. The maximum Gasteiger partial charge on any atom is 0.101 e. The van der Waals surface area contributed by atoms with E-state index in [9.17, 15) is 0 Å². The predicted molar refractivity (Wildman–Crippen MR) is 104 cm³/mol. The largest absolute Gasteiger partial charge is 0.265 e. The molecule has 0 fully saturated rings. The Morgan fingerprint density at radius 1 is 1.16 bits per heavy atom. The van der Waals surface area contributed by atoms with Crippen LogP contribution in [-0.2, 0) is 6.54 Å². The number of nitriles is 1. The molecule has 0 saturated heterocycles. The number of aromatic nitrogens is 2. The molecule has 1 aromatic heterocycles. The molecule has 0 aliphatic rings. The quantitative estimate of drug-likeness (QED) is 0.575. The minimum Gasteiger partial charge on any atom is -0.265 e. The van der Waals surface area contributed by atoms with E-state index in [-0.39, 0.29) is 0 Å². The van der Waals surface area contributed by atoms with Crippen molar-refractivity contribution in [3.8, 4) is 17.2 Å². The fourth-order valence-corrected chi connectivity index (χ4v) is 3.56. The fraction of sp³-hybridized carbons (Fsp3) is 0.200. The lowest BCUT2D eigenvalue weighted by molar-refractivity contribution is 0.659. The zero-order valence-corrected chi connectivity index (χ0v) is 15.9. The van der Waals surface area contributed by atoms with Crippen LogP contribution in [0, 0.1) is 25.2 Å². The first-order valence-corrected chi connectivity index (χ1v) is 9.50. The van der Waals surface area contributed by atoms with E-state index in [2.05, 4.69) is 43.5 Å². The molecule has 3 rings (SSSR count). The number of halogens is 1. The fourth-order valence-electron chi connectivity index (χ4n) is 2.93. The van der Waals surface area contributed by atoms with Crippen LogP contribution in [-0.4, -0.2) is 16.0 Å². The maximum absolute atomic E-state index is 9.04. The molecule has 2 aromatic carbocycles. The minimum absolute atomic E-state index is 0.471. The van der Waals surface area contributed by atoms with Crippen LogP contribution in [0.3, 0.4) is 0 Å². The molecule has 0 amide bonds. The first kappa shape index (κ1) is 17.6. The van der Waals surface area contributed by atoms with Crippen molar-refractivity contribution in [1.29, 1.82) is 5.26 Å². The van der Waals surface area contributed by atoms with E-state index in [1.807, 2.05) is 23.7 Å². The van der Waals surface area contributed by atoms with E-state index in [1.165, 1.54) is 10.5 Å². The van der Waals surface area contributed by atoms with Crippen LogP contribution in [0.25, 0.3) is 11.1 Å². The Kier molecular flexibility index (Phi) is 5.17. The van der Waals surface area contributed by atoms with Crippen LogP contribution in [0.2, 0.25) is 5.02 Å². The molecule has 0 aliphatic heterocycles. The maximum atomic E-state index is 9.04. The van der Waals surface area contributed by atoms with Gasteiger partial charge in [-0.25, -0.2) is 0 Å². The first-order valence-electron chi connectivity index (χ1n) is 7.90. The van der Waals surface area contributed by atoms with Gasteiger partial charge in [0.25, 0.3) is 0 Å². The summed E-state index contributed by atoms with van der Waals surface area (Å²) in [6.07, 6.45) is 2.07. The van der Waals surface area contributed by atoms with Crippen molar-refractivity contribution in [3.63, 3.8) is 0 Å². The van der Waals surface area contributed by atoms with Gasteiger partial charge in [0.15, 0.2) is 0 Å². The lowest BCUT2D eigenvalue weighted by Crippen LogP contribution is -2.04. The van der Waals surface area contributed by atoms with Crippen LogP contribution >= 0.6 is 23.4 Å². The third-order valence-electron chi connectivity index (χ3n) is 4.25. The molecule has 3 aromatic rings. The Bertz CT molecular complexity index is 952. The highest BCUT2D eigenvalue weighted by molar-refractivity contribution is 7.98. The number of thioether (sulfide) groups is 1. The standard InChI is InChI=1S/C20H18ClN3S/c1-13-20(16-6-7-17(11-22)19(21)10-16)14(2)24(23-13)12-15-4-8-18(25-3)9-5-15/h4-10H,12H2,1-3H3. The molecular weight excluding hydrogens is 350 g/mol. The zero-order valence-electron chi connectivity index (χ0n) is 14.4. The smallest absolute Gasteiger partial charge is 0.101 e. The van der Waals surface area contributed by atoms with Gasteiger partial charge in [0.05, 0.1) is 22.8 Å². The van der Waals surface area contributed by atoms with Gasteiger partial charge < -0.3 is 0 Å². The van der Waals surface area contributed by atoms with Gasteiger partial charge in [-0.05, 0) is 55.5 Å². The topological polar surface area (TPSA) is 41.6 Å². The van der Waals surface area contributed by atoms with E-state index in [0.717, 1.165) is 29.1 Å². The van der Waals surface area contributed by atoms with Crippen LogP contribution in [0.4, 0.5) is 0 Å². The Hall–Kier alpha value is -2.22. The first-order chi connectivity index (χ1) is 12.0. The highest BCUT2D eigenvalue weighted by atomic mass is 35.5. The van der Waals surface area contributed by atoms with Crippen molar-refractivity contribution >= 4 is 23.4 Å². The molecule has 0 bridgehead atoms. The molecule has 5 heteroatoms. The molecule has 0 atom stereocenters. The summed E-state index contributed by atoms with van der Waals surface area (Å²) in [6.45, 7) is 4.80. The average molecular weight is 368 g/mol. The van der Waals surface area contributed by atoms with Gasteiger partial charge in [0, 0.05) is 16.2 Å². The second-order valence-corrected chi connectivity index (χ2v) is 7.14. The minimum atomic E-state index is 0.471. The lowest BCUT2D eigenvalue weighted by Gasteiger charge is -2.07. The molecule has 0 spiro atoms. The van der Waals surface area contributed by atoms with Crippen molar-refractivity contribution in [1.82, 2.24) is 9.78 Å². The molecule has 0 N–H and O–H groups in total. The normalized spacial score (nSPS) is 10.7. The van der Waals surface area contributed by atoms with E-state index in [0.29, 0.717) is 10.6 Å². The molecule has 3 nitrogen and oxygen atoms in total. The number of aryl methyl sites for hydroxylation is 1. The summed E-state index contributed by atoms with van der Waals surface area (Å²) in [6, 6.07) is 16.2. The SMILES string of the molecule is CSc1ccc(Cn2nc(C)c(-c3ccc(C#N)c(Cl)c3)c2C)cc1. The highest BCUT2D eigenvalue weighted by Gasteiger charge is 2.15. The van der Waals surface area contributed by atoms with Crippen LogP contribution < -0.4 is 0 Å². The number of rotatable bonds is 4. The van der Waals surface area contributed by atoms with Crippen LogP contribution in [0.15, 0.2) is 47.4 Å².